The first-order valence-corrected chi connectivity index (χ1v) is 4.42. The van der Waals surface area contributed by atoms with Gasteiger partial charge in [-0.15, -0.1) is 0 Å². The van der Waals surface area contributed by atoms with Crippen LogP contribution in [0.15, 0.2) is 12.2 Å². The molecular formula is C10H21N. The van der Waals surface area contributed by atoms with Crippen LogP contribution in [0.2, 0.25) is 0 Å². The highest BCUT2D eigenvalue weighted by atomic mass is 14.6. The summed E-state index contributed by atoms with van der Waals surface area (Å²) in [5.74, 6) is 0. The van der Waals surface area contributed by atoms with E-state index in [0.29, 0.717) is 0 Å². The van der Waals surface area contributed by atoms with Gasteiger partial charge in [0.25, 0.3) is 0 Å². The second-order valence-electron chi connectivity index (χ2n) is 3.58. The molecule has 0 rings (SSSR count). The second-order valence-corrected chi connectivity index (χ2v) is 3.58. The lowest BCUT2D eigenvalue weighted by molar-refractivity contribution is 0.350. The van der Waals surface area contributed by atoms with Crippen molar-refractivity contribution in [2.24, 2.45) is 11.1 Å². The van der Waals surface area contributed by atoms with Crippen LogP contribution in [0.1, 0.15) is 40.5 Å². The van der Waals surface area contributed by atoms with Crippen LogP contribution in [0.4, 0.5) is 0 Å². The predicted octanol–water partition coefficient (Wildman–Crippen LogP) is 2.72. The van der Waals surface area contributed by atoms with Gasteiger partial charge in [0.15, 0.2) is 0 Å². The van der Waals surface area contributed by atoms with E-state index in [4.69, 9.17) is 5.73 Å². The molecule has 0 aliphatic rings. The van der Waals surface area contributed by atoms with Crippen LogP contribution in [0.25, 0.3) is 0 Å². The Balaban J connectivity index is 4.37. The lowest BCUT2D eigenvalue weighted by Gasteiger charge is -2.31. The fourth-order valence-electron chi connectivity index (χ4n) is 1.25. The quantitative estimate of drug-likeness (QED) is 0.621. The molecule has 2 N–H and O–H groups in total. The lowest BCUT2D eigenvalue weighted by atomic mass is 9.75. The van der Waals surface area contributed by atoms with E-state index < -0.39 is 0 Å². The normalized spacial score (nSPS) is 14.6. The van der Waals surface area contributed by atoms with Gasteiger partial charge in [0, 0.05) is 6.04 Å². The minimum absolute atomic E-state index is 0.125. The number of hydrogen-bond acceptors (Lipinski definition) is 1. The monoisotopic (exact) mass is 155 g/mol. The summed E-state index contributed by atoms with van der Waals surface area (Å²) in [6.07, 6.45) is 2.26. The highest BCUT2D eigenvalue weighted by Crippen LogP contribution is 2.34. The maximum atomic E-state index is 5.77. The van der Waals surface area contributed by atoms with Crippen molar-refractivity contribution in [2.75, 3.05) is 0 Å². The molecule has 0 aromatic rings. The van der Waals surface area contributed by atoms with Gasteiger partial charge in [-0.1, -0.05) is 32.9 Å². The van der Waals surface area contributed by atoms with E-state index in [-0.39, 0.29) is 11.5 Å². The summed E-state index contributed by atoms with van der Waals surface area (Å²) in [7, 11) is 0. The fraction of sp³-hybridized carbons (Fsp3) is 0.800. The molecule has 0 heterocycles. The molecule has 1 atom stereocenters. The summed E-state index contributed by atoms with van der Waals surface area (Å²) in [6, 6.07) is 0.125. The van der Waals surface area contributed by atoms with Crippen molar-refractivity contribution in [3.05, 3.63) is 12.2 Å². The molecule has 0 radical (unpaired) electrons. The lowest BCUT2D eigenvalue weighted by Crippen LogP contribution is -2.29. The minimum atomic E-state index is 0.125. The smallest absolute Gasteiger partial charge is 0.0227 e. The van der Waals surface area contributed by atoms with Crippen molar-refractivity contribution in [3.63, 3.8) is 0 Å². The maximum Gasteiger partial charge on any atom is 0.0227 e. The molecule has 1 heteroatoms. The molecule has 0 bridgehead atoms. The van der Waals surface area contributed by atoms with E-state index in [1.807, 2.05) is 6.92 Å². The van der Waals surface area contributed by atoms with E-state index in [0.717, 1.165) is 12.8 Å². The minimum Gasteiger partial charge on any atom is -0.324 e. The molecular weight excluding hydrogens is 134 g/mol. The standard InChI is InChI=1S/C10H21N/c1-6-10(5,7-2)8(3)9(4)11/h9H,3,6-7,11H2,1-2,4-5H3. The molecule has 66 valence electrons. The molecule has 11 heavy (non-hydrogen) atoms. The largest absolute Gasteiger partial charge is 0.324 e. The Morgan fingerprint density at radius 2 is 1.82 bits per heavy atom. The SMILES string of the molecule is C=C(C(C)N)C(C)(CC)CC. The van der Waals surface area contributed by atoms with Crippen LogP contribution in [0.5, 0.6) is 0 Å². The van der Waals surface area contributed by atoms with Crippen molar-refractivity contribution in [3.8, 4) is 0 Å². The molecule has 0 aliphatic heterocycles. The zero-order valence-corrected chi connectivity index (χ0v) is 8.28. The molecule has 0 fully saturated rings. The van der Waals surface area contributed by atoms with Gasteiger partial charge in [-0.25, -0.2) is 0 Å². The molecule has 0 amide bonds. The van der Waals surface area contributed by atoms with Gasteiger partial charge in [0.05, 0.1) is 0 Å². The van der Waals surface area contributed by atoms with Gasteiger partial charge in [0.1, 0.15) is 0 Å². The highest BCUT2D eigenvalue weighted by Gasteiger charge is 2.24. The van der Waals surface area contributed by atoms with E-state index in [9.17, 15) is 0 Å². The van der Waals surface area contributed by atoms with E-state index in [1.54, 1.807) is 0 Å². The Morgan fingerprint density at radius 3 is 1.91 bits per heavy atom. The van der Waals surface area contributed by atoms with E-state index in [2.05, 4.69) is 27.4 Å². The van der Waals surface area contributed by atoms with Crippen molar-refractivity contribution < 1.29 is 0 Å². The van der Waals surface area contributed by atoms with Gasteiger partial charge >= 0.3 is 0 Å². The Hall–Kier alpha value is -0.300. The molecule has 0 saturated heterocycles. The van der Waals surface area contributed by atoms with Gasteiger partial charge < -0.3 is 5.73 Å². The topological polar surface area (TPSA) is 26.0 Å². The Kier molecular flexibility index (Phi) is 3.81. The molecule has 0 aliphatic carbocycles. The van der Waals surface area contributed by atoms with Gasteiger partial charge in [-0.2, -0.15) is 0 Å². The van der Waals surface area contributed by atoms with E-state index in [1.165, 1.54) is 5.57 Å². The third-order valence-electron chi connectivity index (χ3n) is 2.89. The van der Waals surface area contributed by atoms with Crippen molar-refractivity contribution in [1.29, 1.82) is 0 Å². The van der Waals surface area contributed by atoms with Gasteiger partial charge in [-0.3, -0.25) is 0 Å². The van der Waals surface area contributed by atoms with Crippen LogP contribution in [-0.4, -0.2) is 6.04 Å². The summed E-state index contributed by atoms with van der Waals surface area (Å²) >= 11 is 0. The van der Waals surface area contributed by atoms with Crippen LogP contribution < -0.4 is 5.73 Å². The van der Waals surface area contributed by atoms with E-state index >= 15 is 0 Å². The van der Waals surface area contributed by atoms with Crippen LogP contribution >= 0.6 is 0 Å². The zero-order chi connectivity index (χ0) is 9.07. The third-order valence-corrected chi connectivity index (χ3v) is 2.89. The fourth-order valence-corrected chi connectivity index (χ4v) is 1.25. The zero-order valence-electron chi connectivity index (χ0n) is 8.28. The average molecular weight is 155 g/mol. The van der Waals surface area contributed by atoms with Crippen LogP contribution in [0.3, 0.4) is 0 Å². The average Bonchev–Trinajstić information content (AvgIpc) is 2.01. The Morgan fingerprint density at radius 1 is 1.45 bits per heavy atom. The predicted molar refractivity (Wildman–Crippen MR) is 51.5 cm³/mol. The summed E-state index contributed by atoms with van der Waals surface area (Å²) in [5.41, 5.74) is 7.20. The summed E-state index contributed by atoms with van der Waals surface area (Å²) in [6.45, 7) is 12.7. The van der Waals surface area contributed by atoms with Crippen molar-refractivity contribution >= 4 is 0 Å². The highest BCUT2D eigenvalue weighted by molar-refractivity contribution is 5.13. The third kappa shape index (κ3) is 2.33. The van der Waals surface area contributed by atoms with Crippen molar-refractivity contribution in [2.45, 2.75) is 46.6 Å². The first-order chi connectivity index (χ1) is 4.98. The molecule has 0 saturated carbocycles. The first-order valence-electron chi connectivity index (χ1n) is 4.42. The maximum absolute atomic E-state index is 5.77. The number of hydrogen-bond donors (Lipinski definition) is 1. The number of nitrogens with two attached hydrogens (primary N) is 1. The first kappa shape index (κ1) is 10.7. The van der Waals surface area contributed by atoms with Crippen LogP contribution in [0, 0.1) is 5.41 Å². The van der Waals surface area contributed by atoms with Gasteiger partial charge in [-0.05, 0) is 25.2 Å². The Bertz CT molecular complexity index is 132. The van der Waals surface area contributed by atoms with Crippen molar-refractivity contribution in [1.82, 2.24) is 0 Å². The van der Waals surface area contributed by atoms with Gasteiger partial charge in [0.2, 0.25) is 0 Å². The Labute approximate surface area is 70.7 Å². The van der Waals surface area contributed by atoms with Crippen LogP contribution in [-0.2, 0) is 0 Å². The molecule has 1 nitrogen and oxygen atoms in total. The second kappa shape index (κ2) is 3.91. The summed E-state index contributed by atoms with van der Waals surface area (Å²) in [5, 5.41) is 0. The molecule has 0 spiro atoms. The number of rotatable bonds is 4. The molecule has 0 aromatic carbocycles. The molecule has 0 aromatic heterocycles. The molecule has 1 unspecified atom stereocenters. The summed E-state index contributed by atoms with van der Waals surface area (Å²) < 4.78 is 0. The summed E-state index contributed by atoms with van der Waals surface area (Å²) in [4.78, 5) is 0.